The van der Waals surface area contributed by atoms with Crippen LogP contribution in [0, 0.1) is 0 Å². The van der Waals surface area contributed by atoms with E-state index in [9.17, 15) is 18.0 Å². The van der Waals surface area contributed by atoms with Crippen molar-refractivity contribution in [2.24, 2.45) is 0 Å². The molecule has 8 heteroatoms. The first-order valence-corrected chi connectivity index (χ1v) is 8.84. The minimum absolute atomic E-state index is 0.0212. The van der Waals surface area contributed by atoms with E-state index in [0.29, 0.717) is 38.2 Å². The van der Waals surface area contributed by atoms with Crippen molar-refractivity contribution in [2.45, 2.75) is 19.0 Å². The number of fused-ring (bicyclic) bond motifs is 1. The van der Waals surface area contributed by atoms with Gasteiger partial charge in [-0.15, -0.1) is 0 Å². The molecule has 2 aliphatic heterocycles. The number of hydrogen-bond donors (Lipinski definition) is 0. The maximum Gasteiger partial charge on any atom is 0.411 e. The number of hydrogen-bond acceptors (Lipinski definition) is 4. The highest BCUT2D eigenvalue weighted by atomic mass is 19.4. The Kier molecular flexibility index (Phi) is 6.03. The number of ether oxygens (including phenoxy) is 2. The van der Waals surface area contributed by atoms with Crippen LogP contribution in [-0.2, 0) is 11.2 Å². The molecule has 1 aromatic rings. The van der Waals surface area contributed by atoms with Crippen molar-refractivity contribution < 1.29 is 27.4 Å². The monoisotopic (exact) mass is 372 g/mol. The Morgan fingerprint density at radius 1 is 1.19 bits per heavy atom. The van der Waals surface area contributed by atoms with E-state index in [-0.39, 0.29) is 12.5 Å². The molecule has 0 aromatic heterocycles. The summed E-state index contributed by atoms with van der Waals surface area (Å²) in [5, 5.41) is 0. The first-order chi connectivity index (χ1) is 12.4. The molecule has 1 amide bonds. The molecule has 2 heterocycles. The van der Waals surface area contributed by atoms with Crippen molar-refractivity contribution in [2.75, 3.05) is 52.5 Å². The number of carbonyl (C=O) groups is 1. The predicted octanol–water partition coefficient (Wildman–Crippen LogP) is 2.35. The standard InChI is InChI=1S/C18H23F3N2O3/c19-18(20,21)13-25-10-1-5-22-6-8-23(9-7-22)17(24)15-2-3-16-14(12-15)4-11-26-16/h2-3,12H,1,4-11,13H2. The minimum atomic E-state index is -4.27. The number of alkyl halides is 3. The summed E-state index contributed by atoms with van der Waals surface area (Å²) in [5.41, 5.74) is 1.76. The summed E-state index contributed by atoms with van der Waals surface area (Å²) in [6.45, 7) is 2.93. The Hall–Kier alpha value is -1.80. The Balaban J connectivity index is 1.39. The van der Waals surface area contributed by atoms with Gasteiger partial charge in [0.15, 0.2) is 0 Å². The third kappa shape index (κ3) is 5.11. The molecule has 1 aromatic carbocycles. The molecule has 26 heavy (non-hydrogen) atoms. The number of carbonyl (C=O) groups excluding carboxylic acids is 1. The van der Waals surface area contributed by atoms with Crippen LogP contribution >= 0.6 is 0 Å². The molecule has 0 spiro atoms. The molecule has 0 radical (unpaired) electrons. The van der Waals surface area contributed by atoms with Gasteiger partial charge in [0.2, 0.25) is 0 Å². The second-order valence-electron chi connectivity index (χ2n) is 6.58. The number of piperazine rings is 1. The fraction of sp³-hybridized carbons (Fsp3) is 0.611. The molecule has 5 nitrogen and oxygen atoms in total. The molecule has 0 saturated carbocycles. The lowest BCUT2D eigenvalue weighted by atomic mass is 10.1. The van der Waals surface area contributed by atoms with Crippen LogP contribution in [0.3, 0.4) is 0 Å². The summed E-state index contributed by atoms with van der Waals surface area (Å²) in [7, 11) is 0. The third-order valence-corrected chi connectivity index (χ3v) is 4.62. The number of halogens is 3. The number of benzene rings is 1. The van der Waals surface area contributed by atoms with Gasteiger partial charge >= 0.3 is 6.18 Å². The van der Waals surface area contributed by atoms with Gasteiger partial charge in [0.1, 0.15) is 12.4 Å². The van der Waals surface area contributed by atoms with Gasteiger partial charge in [-0.3, -0.25) is 9.69 Å². The van der Waals surface area contributed by atoms with Gasteiger partial charge in [0.05, 0.1) is 6.61 Å². The summed E-state index contributed by atoms with van der Waals surface area (Å²) in [5.74, 6) is 0.881. The summed E-state index contributed by atoms with van der Waals surface area (Å²) in [4.78, 5) is 16.6. The van der Waals surface area contributed by atoms with Gasteiger partial charge in [-0.25, -0.2) is 0 Å². The molecule has 0 atom stereocenters. The average Bonchev–Trinajstić information content (AvgIpc) is 3.08. The molecular weight excluding hydrogens is 349 g/mol. The Morgan fingerprint density at radius 2 is 1.96 bits per heavy atom. The van der Waals surface area contributed by atoms with Crippen LogP contribution in [0.4, 0.5) is 13.2 Å². The highest BCUT2D eigenvalue weighted by molar-refractivity contribution is 5.94. The second-order valence-corrected chi connectivity index (χ2v) is 6.58. The van der Waals surface area contributed by atoms with Crippen LogP contribution in [0.5, 0.6) is 5.75 Å². The second kappa shape index (κ2) is 8.26. The van der Waals surface area contributed by atoms with Gasteiger partial charge in [-0.05, 0) is 30.2 Å². The largest absolute Gasteiger partial charge is 0.493 e. The normalized spacial score (nSPS) is 17.9. The zero-order chi connectivity index (χ0) is 18.6. The molecule has 0 bridgehead atoms. The number of amides is 1. The highest BCUT2D eigenvalue weighted by Gasteiger charge is 2.27. The number of rotatable bonds is 6. The van der Waals surface area contributed by atoms with Crippen molar-refractivity contribution in [1.82, 2.24) is 9.80 Å². The van der Waals surface area contributed by atoms with Crippen LogP contribution in [0.25, 0.3) is 0 Å². The molecule has 1 fully saturated rings. The fourth-order valence-electron chi connectivity index (χ4n) is 3.25. The topological polar surface area (TPSA) is 42.0 Å². The summed E-state index contributed by atoms with van der Waals surface area (Å²) >= 11 is 0. The Labute approximate surface area is 150 Å². The molecule has 2 aliphatic rings. The maximum atomic E-state index is 12.6. The zero-order valence-corrected chi connectivity index (χ0v) is 14.6. The lowest BCUT2D eigenvalue weighted by molar-refractivity contribution is -0.174. The van der Waals surface area contributed by atoms with E-state index in [1.165, 1.54) is 0 Å². The van der Waals surface area contributed by atoms with Crippen LogP contribution < -0.4 is 4.74 Å². The molecule has 1 saturated heterocycles. The van der Waals surface area contributed by atoms with E-state index in [1.807, 2.05) is 17.0 Å². The SMILES string of the molecule is O=C(c1ccc2c(c1)CCO2)N1CCN(CCCOCC(F)(F)F)CC1. The lowest BCUT2D eigenvalue weighted by Gasteiger charge is -2.34. The van der Waals surface area contributed by atoms with Gasteiger partial charge in [-0.1, -0.05) is 0 Å². The van der Waals surface area contributed by atoms with Crippen LogP contribution in [0.2, 0.25) is 0 Å². The molecule has 144 valence electrons. The van der Waals surface area contributed by atoms with Crippen molar-refractivity contribution >= 4 is 5.91 Å². The van der Waals surface area contributed by atoms with Crippen molar-refractivity contribution in [3.8, 4) is 5.75 Å². The van der Waals surface area contributed by atoms with Crippen LogP contribution in [0.1, 0.15) is 22.3 Å². The highest BCUT2D eigenvalue weighted by Crippen LogP contribution is 2.26. The predicted molar refractivity (Wildman–Crippen MR) is 89.5 cm³/mol. The van der Waals surface area contributed by atoms with Gasteiger partial charge in [0, 0.05) is 51.3 Å². The molecule has 0 aliphatic carbocycles. The van der Waals surface area contributed by atoms with E-state index >= 15 is 0 Å². The van der Waals surface area contributed by atoms with Gasteiger partial charge in [0.25, 0.3) is 5.91 Å². The van der Waals surface area contributed by atoms with Gasteiger partial charge < -0.3 is 14.4 Å². The Morgan fingerprint density at radius 3 is 2.69 bits per heavy atom. The lowest BCUT2D eigenvalue weighted by Crippen LogP contribution is -2.49. The van der Waals surface area contributed by atoms with Crippen molar-refractivity contribution in [3.05, 3.63) is 29.3 Å². The maximum absolute atomic E-state index is 12.6. The van der Waals surface area contributed by atoms with E-state index in [0.717, 1.165) is 30.8 Å². The summed E-state index contributed by atoms with van der Waals surface area (Å²) < 4.78 is 46.0. The first-order valence-electron chi connectivity index (χ1n) is 8.84. The fourth-order valence-corrected chi connectivity index (χ4v) is 3.25. The minimum Gasteiger partial charge on any atom is -0.493 e. The number of nitrogens with zero attached hydrogens (tertiary/aromatic N) is 2. The summed E-state index contributed by atoms with van der Waals surface area (Å²) in [6.07, 6.45) is -2.88. The van der Waals surface area contributed by atoms with E-state index in [4.69, 9.17) is 4.74 Å². The smallest absolute Gasteiger partial charge is 0.411 e. The van der Waals surface area contributed by atoms with Crippen LogP contribution in [0.15, 0.2) is 18.2 Å². The quantitative estimate of drug-likeness (QED) is 0.719. The molecule has 3 rings (SSSR count). The Bertz CT molecular complexity index is 629. The van der Waals surface area contributed by atoms with Gasteiger partial charge in [-0.2, -0.15) is 13.2 Å². The van der Waals surface area contributed by atoms with Crippen LogP contribution in [-0.4, -0.2) is 74.4 Å². The van der Waals surface area contributed by atoms with E-state index < -0.39 is 12.8 Å². The molecule has 0 unspecified atom stereocenters. The zero-order valence-electron chi connectivity index (χ0n) is 14.6. The summed E-state index contributed by atoms with van der Waals surface area (Å²) in [6, 6.07) is 5.57. The van der Waals surface area contributed by atoms with Crippen molar-refractivity contribution in [3.63, 3.8) is 0 Å². The first kappa shape index (κ1) is 19.0. The van der Waals surface area contributed by atoms with E-state index in [1.54, 1.807) is 6.07 Å². The average molecular weight is 372 g/mol. The third-order valence-electron chi connectivity index (χ3n) is 4.62. The molecular formula is C18H23F3N2O3. The molecule has 0 N–H and O–H groups in total. The van der Waals surface area contributed by atoms with E-state index in [2.05, 4.69) is 9.64 Å². The van der Waals surface area contributed by atoms with Crippen molar-refractivity contribution in [1.29, 1.82) is 0 Å².